The molecule has 1 N–H and O–H groups in total. The van der Waals surface area contributed by atoms with Gasteiger partial charge in [-0.1, -0.05) is 64.6 Å². The zero-order valence-electron chi connectivity index (χ0n) is 17.7. The van der Waals surface area contributed by atoms with E-state index in [1.54, 1.807) is 16.7 Å². The molecule has 0 saturated heterocycles. The number of nitrogens with zero attached hydrogens (tertiary/aromatic N) is 1. The summed E-state index contributed by atoms with van der Waals surface area (Å²) in [4.78, 5) is 27.7. The second-order valence-corrected chi connectivity index (χ2v) is 10.3. The lowest BCUT2D eigenvalue weighted by Crippen LogP contribution is -2.50. The largest absolute Gasteiger partial charge is 0.352 e. The molecule has 1 fully saturated rings. The van der Waals surface area contributed by atoms with Crippen LogP contribution in [0.5, 0.6) is 0 Å². The molecule has 0 heterocycles. The van der Waals surface area contributed by atoms with Gasteiger partial charge >= 0.3 is 0 Å². The van der Waals surface area contributed by atoms with Gasteiger partial charge in [0, 0.05) is 27.8 Å². The van der Waals surface area contributed by atoms with Crippen molar-refractivity contribution >= 4 is 51.1 Å². The minimum Gasteiger partial charge on any atom is -0.352 e. The van der Waals surface area contributed by atoms with Crippen LogP contribution in [-0.4, -0.2) is 34.6 Å². The smallest absolute Gasteiger partial charge is 0.242 e. The summed E-state index contributed by atoms with van der Waals surface area (Å²) in [6.45, 7) is 2.17. The van der Waals surface area contributed by atoms with Crippen molar-refractivity contribution in [3.63, 3.8) is 0 Å². The number of carbonyl (C=O) groups is 2. The van der Waals surface area contributed by atoms with E-state index in [2.05, 4.69) is 21.2 Å². The van der Waals surface area contributed by atoms with Crippen LogP contribution in [-0.2, 0) is 21.9 Å². The Morgan fingerprint density at radius 3 is 2.55 bits per heavy atom. The first-order chi connectivity index (χ1) is 14.9. The van der Waals surface area contributed by atoms with E-state index < -0.39 is 6.04 Å². The van der Waals surface area contributed by atoms with Crippen LogP contribution >= 0.6 is 39.3 Å². The summed E-state index contributed by atoms with van der Waals surface area (Å²) < 4.78 is 1.03. The Balaban J connectivity index is 1.65. The maximum Gasteiger partial charge on any atom is 0.242 e. The highest BCUT2D eigenvalue weighted by molar-refractivity contribution is 9.10. The van der Waals surface area contributed by atoms with Crippen LogP contribution in [0.1, 0.15) is 43.7 Å². The molecule has 0 radical (unpaired) electrons. The number of hydrogen-bond acceptors (Lipinski definition) is 3. The van der Waals surface area contributed by atoms with E-state index in [-0.39, 0.29) is 17.9 Å². The Kier molecular flexibility index (Phi) is 9.30. The molecule has 1 aliphatic rings. The van der Waals surface area contributed by atoms with E-state index in [1.165, 1.54) is 0 Å². The molecule has 31 heavy (non-hydrogen) atoms. The number of rotatable bonds is 9. The lowest BCUT2D eigenvalue weighted by molar-refractivity contribution is -0.138. The summed E-state index contributed by atoms with van der Waals surface area (Å²) in [6, 6.07) is 15.2. The number of halogens is 2. The Morgan fingerprint density at radius 1 is 1.16 bits per heavy atom. The molecule has 0 spiro atoms. The highest BCUT2D eigenvalue weighted by Crippen LogP contribution is 2.21. The first-order valence-corrected chi connectivity index (χ1v) is 12.9. The number of carbonyl (C=O) groups excluding carboxylic acids is 2. The lowest BCUT2D eigenvalue weighted by atomic mass is 10.1. The molecule has 0 unspecified atom stereocenters. The third-order valence-electron chi connectivity index (χ3n) is 5.52. The van der Waals surface area contributed by atoms with Gasteiger partial charge in [-0.05, 0) is 55.2 Å². The van der Waals surface area contributed by atoms with Crippen molar-refractivity contribution in [1.29, 1.82) is 0 Å². The topological polar surface area (TPSA) is 49.4 Å². The van der Waals surface area contributed by atoms with Crippen molar-refractivity contribution < 1.29 is 9.59 Å². The molecule has 0 aromatic heterocycles. The summed E-state index contributed by atoms with van der Waals surface area (Å²) in [5, 5.41) is 3.75. The Bertz CT molecular complexity index is 887. The van der Waals surface area contributed by atoms with Crippen LogP contribution in [0.2, 0.25) is 5.02 Å². The van der Waals surface area contributed by atoms with Gasteiger partial charge in [-0.25, -0.2) is 0 Å². The molecule has 2 aromatic rings. The van der Waals surface area contributed by atoms with E-state index >= 15 is 0 Å². The fourth-order valence-electron chi connectivity index (χ4n) is 3.73. The summed E-state index contributed by atoms with van der Waals surface area (Å²) in [7, 11) is 0. The van der Waals surface area contributed by atoms with E-state index in [1.807, 2.05) is 55.5 Å². The molecular weight excluding hydrogens is 496 g/mol. The number of thioether (sulfide) groups is 1. The van der Waals surface area contributed by atoms with Crippen LogP contribution in [0.3, 0.4) is 0 Å². The monoisotopic (exact) mass is 522 g/mol. The van der Waals surface area contributed by atoms with Gasteiger partial charge in [0.05, 0.1) is 5.75 Å². The fourth-order valence-corrected chi connectivity index (χ4v) is 5.07. The van der Waals surface area contributed by atoms with Crippen molar-refractivity contribution in [3.05, 3.63) is 69.2 Å². The number of amides is 2. The minimum absolute atomic E-state index is 0.0452. The van der Waals surface area contributed by atoms with E-state index in [4.69, 9.17) is 11.6 Å². The predicted octanol–water partition coefficient (Wildman–Crippen LogP) is 5.81. The first kappa shape index (κ1) is 24.1. The number of benzene rings is 2. The van der Waals surface area contributed by atoms with Gasteiger partial charge in [0.2, 0.25) is 11.8 Å². The average molecular weight is 524 g/mol. The van der Waals surface area contributed by atoms with Gasteiger partial charge in [0.15, 0.2) is 0 Å². The van der Waals surface area contributed by atoms with E-state index in [9.17, 15) is 9.59 Å². The van der Waals surface area contributed by atoms with Crippen molar-refractivity contribution in [2.24, 2.45) is 0 Å². The molecule has 3 rings (SSSR count). The van der Waals surface area contributed by atoms with E-state index in [0.717, 1.165) is 47.0 Å². The molecule has 4 nitrogen and oxygen atoms in total. The molecular formula is C24H28BrClN2O2S. The average Bonchev–Trinajstić information content (AvgIpc) is 3.26. The second-order valence-electron chi connectivity index (χ2n) is 7.94. The van der Waals surface area contributed by atoms with Gasteiger partial charge in [0.25, 0.3) is 0 Å². The summed E-state index contributed by atoms with van der Waals surface area (Å²) in [6.07, 6.45) is 4.34. The highest BCUT2D eigenvalue weighted by atomic mass is 79.9. The molecule has 0 aliphatic heterocycles. The van der Waals surface area contributed by atoms with Crippen molar-refractivity contribution in [3.8, 4) is 0 Å². The summed E-state index contributed by atoms with van der Waals surface area (Å²) >= 11 is 11.1. The zero-order chi connectivity index (χ0) is 22.2. The van der Waals surface area contributed by atoms with Crippen molar-refractivity contribution in [1.82, 2.24) is 10.2 Å². The standard InChI is InChI=1S/C24H28BrClN2O2S/c1-17(24(30)27-22-7-2-3-8-22)28(14-19-5-4-6-21(26)13-19)23(29)16-31-15-18-9-11-20(25)12-10-18/h4-6,9-13,17,22H,2-3,7-8,14-16H2,1H3,(H,27,30)/t17-/m1/s1. The molecule has 2 aromatic carbocycles. The molecule has 1 atom stereocenters. The third kappa shape index (κ3) is 7.55. The quantitative estimate of drug-likeness (QED) is 0.451. The van der Waals surface area contributed by atoms with Gasteiger partial charge in [-0.15, -0.1) is 11.8 Å². The summed E-state index contributed by atoms with van der Waals surface area (Å²) in [5.41, 5.74) is 2.08. The SMILES string of the molecule is C[C@H](C(=O)NC1CCCC1)N(Cc1cccc(Cl)c1)C(=O)CSCc1ccc(Br)cc1. The van der Waals surface area contributed by atoms with Crippen LogP contribution in [0.25, 0.3) is 0 Å². The van der Waals surface area contributed by atoms with Crippen molar-refractivity contribution in [2.45, 2.75) is 57.0 Å². The van der Waals surface area contributed by atoms with Crippen LogP contribution in [0.4, 0.5) is 0 Å². The lowest BCUT2D eigenvalue weighted by Gasteiger charge is -2.29. The second kappa shape index (κ2) is 11.9. The Labute approximate surface area is 202 Å². The zero-order valence-corrected chi connectivity index (χ0v) is 20.8. The van der Waals surface area contributed by atoms with Crippen molar-refractivity contribution in [2.75, 3.05) is 5.75 Å². The number of hydrogen-bond donors (Lipinski definition) is 1. The van der Waals surface area contributed by atoms with E-state index in [0.29, 0.717) is 17.3 Å². The highest BCUT2D eigenvalue weighted by Gasteiger charge is 2.28. The molecule has 7 heteroatoms. The molecule has 1 saturated carbocycles. The van der Waals surface area contributed by atoms with Gasteiger partial charge < -0.3 is 10.2 Å². The maximum atomic E-state index is 13.1. The molecule has 2 amide bonds. The fraction of sp³-hybridized carbons (Fsp3) is 0.417. The Morgan fingerprint density at radius 2 is 1.87 bits per heavy atom. The van der Waals surface area contributed by atoms with Crippen LogP contribution < -0.4 is 5.32 Å². The minimum atomic E-state index is -0.541. The Hall–Kier alpha value is -1.50. The number of nitrogens with one attached hydrogen (secondary N) is 1. The molecule has 0 bridgehead atoms. The summed E-state index contributed by atoms with van der Waals surface area (Å²) in [5.74, 6) is 0.931. The third-order valence-corrected chi connectivity index (χ3v) is 7.27. The van der Waals surface area contributed by atoms with Gasteiger partial charge in [-0.3, -0.25) is 9.59 Å². The predicted molar refractivity (Wildman–Crippen MR) is 132 cm³/mol. The van der Waals surface area contributed by atoms with Crippen LogP contribution in [0.15, 0.2) is 53.0 Å². The van der Waals surface area contributed by atoms with Crippen LogP contribution in [0, 0.1) is 0 Å². The normalized spacial score (nSPS) is 14.9. The molecule has 166 valence electrons. The maximum absolute atomic E-state index is 13.1. The first-order valence-electron chi connectivity index (χ1n) is 10.6. The van der Waals surface area contributed by atoms with Gasteiger partial charge in [-0.2, -0.15) is 0 Å². The van der Waals surface area contributed by atoms with Gasteiger partial charge in [0.1, 0.15) is 6.04 Å². The molecule has 1 aliphatic carbocycles.